The number of hydrogen-bond donors (Lipinski definition) is 0. The molecule has 7 heteroatoms. The lowest BCUT2D eigenvalue weighted by Gasteiger charge is -2.32. The minimum absolute atomic E-state index is 0.0570. The summed E-state index contributed by atoms with van der Waals surface area (Å²) in [4.78, 5) is 6.16. The van der Waals surface area contributed by atoms with Crippen LogP contribution in [0.1, 0.15) is 52.9 Å². The number of aromatic nitrogens is 2. The van der Waals surface area contributed by atoms with E-state index < -0.39 is 16.1 Å². The second-order valence-electron chi connectivity index (χ2n) is 14.9. The molecule has 3 aromatic heterocycles. The topological polar surface area (TPSA) is 25.8 Å². The van der Waals surface area contributed by atoms with Crippen LogP contribution < -0.4 is 19.7 Å². The molecule has 0 spiro atoms. The zero-order chi connectivity index (χ0) is 31.9. The van der Waals surface area contributed by atoms with Gasteiger partial charge in [0.25, 0.3) is 0 Å². The highest BCUT2D eigenvalue weighted by molar-refractivity contribution is 7.55. The van der Waals surface area contributed by atoms with Crippen LogP contribution in [-0.4, -0.2) is 25.6 Å². The van der Waals surface area contributed by atoms with Gasteiger partial charge < -0.3 is 0 Å². The zero-order valence-corrected chi connectivity index (χ0v) is 32.6. The van der Waals surface area contributed by atoms with Crippen molar-refractivity contribution in [3.05, 3.63) is 102 Å². The largest absolute Gasteiger partial charge is 0.232 e. The number of nitrogens with zero attached hydrogens (tertiary/aromatic N) is 2. The van der Waals surface area contributed by atoms with E-state index in [1.807, 2.05) is 0 Å². The van der Waals surface area contributed by atoms with Crippen LogP contribution in [0, 0.1) is 0 Å². The lowest BCUT2D eigenvalue weighted by Crippen LogP contribution is -2.55. The second-order valence-corrected chi connectivity index (χ2v) is 28.0. The summed E-state index contributed by atoms with van der Waals surface area (Å²) >= 11 is 0. The fraction of sp³-hybridized carbons (Fsp3) is 0.324. The third kappa shape index (κ3) is 6.77. The Morgan fingerprint density at radius 2 is 0.864 bits per heavy atom. The predicted octanol–water partition coefficient (Wildman–Crippen LogP) is 9.79. The summed E-state index contributed by atoms with van der Waals surface area (Å²) in [5.74, 6) is 0. The first-order chi connectivity index (χ1) is 20.6. The SMILES string of the molecule is CC(C)(C)c1ccc([Si](C)(C)c2pc([Si](C)(C)c3ccc(C(C)(C)C)np3)c(-c3ccccc3)cc2-c2ccccc2)pn1. The van der Waals surface area contributed by atoms with Crippen molar-refractivity contribution in [2.75, 3.05) is 0 Å². The van der Waals surface area contributed by atoms with Gasteiger partial charge in [0, 0.05) is 27.5 Å². The van der Waals surface area contributed by atoms with E-state index in [0.717, 1.165) is 16.7 Å². The Labute approximate surface area is 272 Å². The van der Waals surface area contributed by atoms with Gasteiger partial charge in [-0.3, -0.25) is 0 Å². The van der Waals surface area contributed by atoms with Gasteiger partial charge in [0.15, 0.2) is 0 Å². The summed E-state index contributed by atoms with van der Waals surface area (Å²) in [5.41, 5.74) is 7.90. The van der Waals surface area contributed by atoms with E-state index in [2.05, 4.69) is 159 Å². The third-order valence-corrected chi connectivity index (χ3v) is 24.6. The maximum Gasteiger partial charge on any atom is 0.126 e. The van der Waals surface area contributed by atoms with Crippen LogP contribution in [0.2, 0.25) is 26.2 Å². The van der Waals surface area contributed by atoms with E-state index in [1.165, 1.54) is 51.7 Å². The van der Waals surface area contributed by atoms with Crippen molar-refractivity contribution in [1.82, 2.24) is 9.49 Å². The molecule has 44 heavy (non-hydrogen) atoms. The van der Waals surface area contributed by atoms with Gasteiger partial charge in [-0.15, -0.1) is 0 Å². The van der Waals surface area contributed by atoms with Crippen molar-refractivity contribution in [2.45, 2.75) is 78.6 Å². The first-order valence-electron chi connectivity index (χ1n) is 15.5. The van der Waals surface area contributed by atoms with E-state index in [1.54, 1.807) is 9.84 Å². The Balaban J connectivity index is 1.79. The number of rotatable bonds is 6. The van der Waals surface area contributed by atoms with Crippen LogP contribution in [0.25, 0.3) is 22.3 Å². The molecule has 0 bridgehead atoms. The smallest absolute Gasteiger partial charge is 0.126 e. The highest BCUT2D eigenvalue weighted by atomic mass is 31.1. The summed E-state index contributed by atoms with van der Waals surface area (Å²) in [6.45, 7) is 23.7. The molecule has 0 unspecified atom stereocenters. The molecule has 2 aromatic carbocycles. The molecule has 0 saturated carbocycles. The van der Waals surface area contributed by atoms with Crippen molar-refractivity contribution in [1.29, 1.82) is 0 Å². The van der Waals surface area contributed by atoms with E-state index in [-0.39, 0.29) is 10.8 Å². The fourth-order valence-electron chi connectivity index (χ4n) is 5.52. The Hall–Kier alpha value is -2.32. The molecule has 0 atom stereocenters. The van der Waals surface area contributed by atoms with Crippen molar-refractivity contribution in [3.63, 3.8) is 0 Å². The van der Waals surface area contributed by atoms with Crippen molar-refractivity contribution >= 4 is 60.7 Å². The summed E-state index contributed by atoms with van der Waals surface area (Å²) in [7, 11) is -0.605. The maximum absolute atomic E-state index is 5.10. The van der Waals surface area contributed by atoms with Crippen LogP contribution in [0.4, 0.5) is 0 Å². The van der Waals surface area contributed by atoms with E-state index >= 15 is 0 Å². The van der Waals surface area contributed by atoms with Gasteiger partial charge >= 0.3 is 0 Å². The molecule has 5 aromatic rings. The number of benzene rings is 2. The fourth-order valence-corrected chi connectivity index (χ4v) is 18.5. The molecule has 0 fully saturated rings. The molecule has 226 valence electrons. The molecule has 0 aliphatic carbocycles. The Bertz CT molecular complexity index is 1610. The first-order valence-corrected chi connectivity index (χ1v) is 24.1. The minimum atomic E-state index is -2.10. The predicted molar refractivity (Wildman–Crippen MR) is 204 cm³/mol. The second kappa shape index (κ2) is 12.5. The Morgan fingerprint density at radius 1 is 0.500 bits per heavy atom. The maximum atomic E-state index is 5.10. The third-order valence-electron chi connectivity index (χ3n) is 8.52. The van der Waals surface area contributed by atoms with E-state index in [0.29, 0.717) is 0 Å². The van der Waals surface area contributed by atoms with Gasteiger partial charge in [-0.1, -0.05) is 149 Å². The lowest BCUT2D eigenvalue weighted by molar-refractivity contribution is 0.574. The number of hydrogen-bond acceptors (Lipinski definition) is 2. The molecule has 0 saturated heterocycles. The summed E-state index contributed by atoms with van der Waals surface area (Å²) in [6.07, 6.45) is 0. The molecule has 5 rings (SSSR count). The lowest BCUT2D eigenvalue weighted by atomic mass is 9.92. The van der Waals surface area contributed by atoms with Gasteiger partial charge in [0.2, 0.25) is 0 Å². The van der Waals surface area contributed by atoms with Crippen molar-refractivity contribution < 1.29 is 0 Å². The highest BCUT2D eigenvalue weighted by Gasteiger charge is 2.37. The van der Waals surface area contributed by atoms with Crippen LogP contribution in [0.3, 0.4) is 0 Å². The molecule has 0 radical (unpaired) electrons. The molecule has 3 heterocycles. The molecular weight excluding hydrogens is 622 g/mol. The normalized spacial score (nSPS) is 13.3. The van der Waals surface area contributed by atoms with Crippen molar-refractivity contribution in [2.24, 2.45) is 0 Å². The summed E-state index contributed by atoms with van der Waals surface area (Å²) in [5, 5.41) is 0. The van der Waals surface area contributed by atoms with E-state index in [9.17, 15) is 0 Å². The van der Waals surface area contributed by atoms with Crippen LogP contribution >= 0.6 is 24.9 Å². The monoisotopic (exact) mass is 666 g/mol. The van der Waals surface area contributed by atoms with Crippen LogP contribution in [0.5, 0.6) is 0 Å². The quantitative estimate of drug-likeness (QED) is 0.169. The van der Waals surface area contributed by atoms with Gasteiger partial charge in [-0.05, 0) is 60.1 Å². The minimum Gasteiger partial charge on any atom is -0.232 e. The molecule has 0 amide bonds. The summed E-state index contributed by atoms with van der Waals surface area (Å²) < 4.78 is 10.2. The molecule has 2 nitrogen and oxygen atoms in total. The van der Waals surface area contributed by atoms with Crippen LogP contribution in [0.15, 0.2) is 91.0 Å². The van der Waals surface area contributed by atoms with Gasteiger partial charge in [0.1, 0.15) is 16.1 Å². The Morgan fingerprint density at radius 3 is 1.16 bits per heavy atom. The molecule has 0 aliphatic rings. The average molecular weight is 667 g/mol. The molecule has 0 N–H and O–H groups in total. The van der Waals surface area contributed by atoms with Gasteiger partial charge in [0.05, 0.1) is 11.4 Å². The standard InChI is InChI=1S/C37H45N2P3Si2/c1-36(2,3)30-21-23-32(41-38-30)43(7,8)34-28(26-17-13-11-14-18-26)25-29(27-19-15-12-16-20-27)35(40-34)44(9,10)33-24-22-31(39-42-33)37(4,5)6/h11-25H,1-10H3. The molecule has 0 aliphatic heterocycles. The van der Waals surface area contributed by atoms with Gasteiger partial charge in [-0.2, -0.15) is 0 Å². The average Bonchev–Trinajstić information content (AvgIpc) is 3.00. The molecular formula is C37H45N2P3Si2. The van der Waals surface area contributed by atoms with Gasteiger partial charge in [-0.25, -0.2) is 9.49 Å². The zero-order valence-electron chi connectivity index (χ0n) is 27.9. The van der Waals surface area contributed by atoms with E-state index in [4.69, 9.17) is 9.49 Å². The summed E-state index contributed by atoms with van der Waals surface area (Å²) in [6, 6.07) is 34.0. The Kier molecular flexibility index (Phi) is 9.37. The van der Waals surface area contributed by atoms with Crippen molar-refractivity contribution in [3.8, 4) is 22.3 Å². The first kappa shape index (κ1) is 33.1. The highest BCUT2D eigenvalue weighted by Crippen LogP contribution is 2.34. The van der Waals surface area contributed by atoms with Crippen LogP contribution in [-0.2, 0) is 10.8 Å².